The van der Waals surface area contributed by atoms with Gasteiger partial charge < -0.3 is 11.1 Å². The second kappa shape index (κ2) is 4.00. The number of rotatable bonds is 1. The summed E-state index contributed by atoms with van der Waals surface area (Å²) in [7, 11) is 0. The Labute approximate surface area is 91.9 Å². The van der Waals surface area contributed by atoms with E-state index in [-0.39, 0.29) is 5.91 Å². The molecule has 0 atom stereocenters. The van der Waals surface area contributed by atoms with Crippen LogP contribution in [-0.2, 0) is 4.79 Å². The van der Waals surface area contributed by atoms with Gasteiger partial charge in [-0.25, -0.2) is 0 Å². The van der Waals surface area contributed by atoms with E-state index in [1.54, 1.807) is 13.0 Å². The van der Waals surface area contributed by atoms with E-state index in [0.717, 1.165) is 15.8 Å². The van der Waals surface area contributed by atoms with Crippen LogP contribution in [0.5, 0.6) is 0 Å². The smallest absolute Gasteiger partial charge is 0.252 e. The van der Waals surface area contributed by atoms with Crippen molar-refractivity contribution in [2.45, 2.75) is 20.8 Å². The van der Waals surface area contributed by atoms with Crippen molar-refractivity contribution in [3.8, 4) is 0 Å². The van der Waals surface area contributed by atoms with Gasteiger partial charge in [0.1, 0.15) is 0 Å². The molecule has 14 heavy (non-hydrogen) atoms. The highest BCUT2D eigenvalue weighted by Gasteiger charge is 2.21. The first kappa shape index (κ1) is 11.0. The van der Waals surface area contributed by atoms with Crippen LogP contribution in [0, 0.1) is 0 Å². The largest absolute Gasteiger partial charge is 0.399 e. The molecule has 1 amide bonds. The average molecular weight is 257 g/mol. The van der Waals surface area contributed by atoms with Crippen LogP contribution in [0.15, 0.2) is 33.1 Å². The Hall–Kier alpha value is -1.03. The lowest BCUT2D eigenvalue weighted by atomic mass is 10.2. The summed E-state index contributed by atoms with van der Waals surface area (Å²) in [6, 6.07) is 0. The van der Waals surface area contributed by atoms with E-state index in [2.05, 4.69) is 21.2 Å². The normalized spacial score (nSPS) is 18.9. The predicted molar refractivity (Wildman–Crippen MR) is 60.4 cm³/mol. The molecule has 1 rings (SSSR count). The van der Waals surface area contributed by atoms with E-state index in [4.69, 9.17) is 5.73 Å². The summed E-state index contributed by atoms with van der Waals surface area (Å²) in [5.74, 6) is -0.0790. The van der Waals surface area contributed by atoms with Crippen LogP contribution in [0.4, 0.5) is 0 Å². The van der Waals surface area contributed by atoms with Crippen LogP contribution in [-0.4, -0.2) is 5.91 Å². The number of hydrogen-bond donors (Lipinski definition) is 2. The number of nitrogens with one attached hydrogen (secondary N) is 1. The maximum atomic E-state index is 11.2. The van der Waals surface area contributed by atoms with E-state index < -0.39 is 0 Å². The molecule has 0 aromatic heterocycles. The maximum Gasteiger partial charge on any atom is 0.252 e. The lowest BCUT2D eigenvalue weighted by Gasteiger charge is -2.01. The van der Waals surface area contributed by atoms with Gasteiger partial charge in [0.15, 0.2) is 0 Å². The molecular weight excluding hydrogens is 244 g/mol. The zero-order chi connectivity index (χ0) is 10.9. The second-order valence-corrected chi connectivity index (χ2v) is 4.20. The number of carbonyl (C=O) groups excluding carboxylic acids is 1. The zero-order valence-corrected chi connectivity index (χ0v) is 10.0. The number of amides is 1. The number of hydrogen-bond acceptors (Lipinski definition) is 2. The van der Waals surface area contributed by atoms with Gasteiger partial charge >= 0.3 is 0 Å². The highest BCUT2D eigenvalue weighted by atomic mass is 79.9. The fraction of sp³-hybridized carbons (Fsp3) is 0.300. The van der Waals surface area contributed by atoms with Gasteiger partial charge in [0.25, 0.3) is 5.91 Å². The van der Waals surface area contributed by atoms with Crippen LogP contribution < -0.4 is 11.1 Å². The summed E-state index contributed by atoms with van der Waals surface area (Å²) in [5.41, 5.74) is 8.86. The van der Waals surface area contributed by atoms with Gasteiger partial charge in [-0.1, -0.05) is 5.57 Å². The van der Waals surface area contributed by atoms with Crippen molar-refractivity contribution in [1.29, 1.82) is 0 Å². The van der Waals surface area contributed by atoms with Gasteiger partial charge in [0, 0.05) is 15.8 Å². The highest BCUT2D eigenvalue weighted by Crippen LogP contribution is 2.26. The molecule has 0 aliphatic carbocycles. The Morgan fingerprint density at radius 2 is 2.07 bits per heavy atom. The third-order valence-electron chi connectivity index (χ3n) is 2.03. The average Bonchev–Trinajstić information content (AvgIpc) is 2.33. The number of halogens is 1. The molecule has 4 heteroatoms. The van der Waals surface area contributed by atoms with Crippen molar-refractivity contribution >= 4 is 21.8 Å². The molecule has 3 nitrogen and oxygen atoms in total. The molecule has 1 aliphatic rings. The van der Waals surface area contributed by atoms with Crippen molar-refractivity contribution in [1.82, 2.24) is 5.32 Å². The van der Waals surface area contributed by atoms with E-state index in [1.807, 2.05) is 13.8 Å². The molecule has 0 spiro atoms. The van der Waals surface area contributed by atoms with Crippen molar-refractivity contribution in [2.24, 2.45) is 5.73 Å². The lowest BCUT2D eigenvalue weighted by molar-refractivity contribution is -0.116. The Morgan fingerprint density at radius 1 is 1.50 bits per heavy atom. The first-order valence-corrected chi connectivity index (χ1v) is 5.05. The monoisotopic (exact) mass is 256 g/mol. The maximum absolute atomic E-state index is 11.2. The minimum Gasteiger partial charge on any atom is -0.399 e. The summed E-state index contributed by atoms with van der Waals surface area (Å²) in [6.45, 7) is 5.61. The first-order chi connectivity index (χ1) is 6.43. The van der Waals surface area contributed by atoms with Gasteiger partial charge in [-0.15, -0.1) is 0 Å². The third kappa shape index (κ3) is 2.07. The van der Waals surface area contributed by atoms with Gasteiger partial charge in [0.2, 0.25) is 0 Å². The quantitative estimate of drug-likeness (QED) is 0.754. The fourth-order valence-corrected chi connectivity index (χ4v) is 1.37. The first-order valence-electron chi connectivity index (χ1n) is 4.26. The lowest BCUT2D eigenvalue weighted by Crippen LogP contribution is -2.16. The number of allylic oxidation sites excluding steroid dienone is 3. The summed E-state index contributed by atoms with van der Waals surface area (Å²) >= 11 is 3.34. The fourth-order valence-electron chi connectivity index (χ4n) is 0.972. The number of carbonyl (C=O) groups is 1. The second-order valence-electron chi connectivity index (χ2n) is 3.41. The van der Waals surface area contributed by atoms with Crippen LogP contribution in [0.1, 0.15) is 20.8 Å². The topological polar surface area (TPSA) is 55.1 Å². The molecular formula is C10H13BrN2O. The summed E-state index contributed by atoms with van der Waals surface area (Å²) in [5, 5.41) is 2.73. The van der Waals surface area contributed by atoms with Crippen molar-refractivity contribution in [2.75, 3.05) is 0 Å². The standard InChI is InChI=1S/C10H13BrN2O/c1-5(2)7(12)4-8-9(11)6(3)10(14)13-8/h4H,12H2,1-3H3,(H,13,14)/b8-4-. The minimum atomic E-state index is -0.0790. The summed E-state index contributed by atoms with van der Waals surface area (Å²) in [4.78, 5) is 11.2. The molecule has 76 valence electrons. The number of nitrogens with two attached hydrogens (primary N) is 1. The molecule has 1 heterocycles. The minimum absolute atomic E-state index is 0.0790. The Morgan fingerprint density at radius 3 is 2.43 bits per heavy atom. The van der Waals surface area contributed by atoms with Crippen molar-refractivity contribution in [3.63, 3.8) is 0 Å². The van der Waals surface area contributed by atoms with Crippen molar-refractivity contribution < 1.29 is 4.79 Å². The molecule has 0 radical (unpaired) electrons. The predicted octanol–water partition coefficient (Wildman–Crippen LogP) is 1.92. The molecule has 0 fully saturated rings. The molecule has 0 aromatic carbocycles. The molecule has 0 saturated carbocycles. The molecule has 1 aliphatic heterocycles. The Kier molecular flexibility index (Phi) is 3.16. The third-order valence-corrected chi connectivity index (χ3v) is 3.05. The van der Waals surface area contributed by atoms with Crippen LogP contribution >= 0.6 is 15.9 Å². The van der Waals surface area contributed by atoms with Crippen LogP contribution in [0.2, 0.25) is 0 Å². The molecule has 0 unspecified atom stereocenters. The van der Waals surface area contributed by atoms with Crippen molar-refractivity contribution in [3.05, 3.63) is 33.1 Å². The molecule has 0 bridgehead atoms. The van der Waals surface area contributed by atoms with E-state index in [1.165, 1.54) is 0 Å². The van der Waals surface area contributed by atoms with Gasteiger partial charge in [-0.3, -0.25) is 4.79 Å². The SMILES string of the molecule is CC(C)=C(N)/C=C1\NC(=O)C(C)=C1Br. The van der Waals surface area contributed by atoms with Crippen LogP contribution in [0.25, 0.3) is 0 Å². The van der Waals surface area contributed by atoms with Gasteiger partial charge in [-0.2, -0.15) is 0 Å². The summed E-state index contributed by atoms with van der Waals surface area (Å²) < 4.78 is 0.784. The Bertz CT molecular complexity index is 374. The summed E-state index contributed by atoms with van der Waals surface area (Å²) in [6.07, 6.45) is 1.76. The van der Waals surface area contributed by atoms with Gasteiger partial charge in [0.05, 0.1) is 5.70 Å². The zero-order valence-electron chi connectivity index (χ0n) is 8.44. The van der Waals surface area contributed by atoms with Crippen LogP contribution in [0.3, 0.4) is 0 Å². The highest BCUT2D eigenvalue weighted by molar-refractivity contribution is 9.12. The van der Waals surface area contributed by atoms with E-state index in [0.29, 0.717) is 11.3 Å². The van der Waals surface area contributed by atoms with Gasteiger partial charge in [-0.05, 0) is 42.8 Å². The van der Waals surface area contributed by atoms with E-state index >= 15 is 0 Å². The van der Waals surface area contributed by atoms with E-state index in [9.17, 15) is 4.79 Å². The molecule has 0 saturated heterocycles. The Balaban J connectivity index is 3.06. The molecule has 3 N–H and O–H groups in total. The molecule has 0 aromatic rings.